The molecule has 0 atom stereocenters. The van der Waals surface area contributed by atoms with E-state index in [4.69, 9.17) is 32.7 Å². The third-order valence-corrected chi connectivity index (χ3v) is 3.61. The van der Waals surface area contributed by atoms with E-state index in [0.717, 1.165) is 6.42 Å². The van der Waals surface area contributed by atoms with Gasteiger partial charge in [-0.15, -0.1) is 0 Å². The Labute approximate surface area is 144 Å². The summed E-state index contributed by atoms with van der Waals surface area (Å²) in [6.07, 6.45) is 2.03. The first-order valence-electron chi connectivity index (χ1n) is 7.07. The number of carbonyl (C=O) groups is 3. The van der Waals surface area contributed by atoms with Crippen LogP contribution < -0.4 is 4.74 Å². The first-order chi connectivity index (χ1) is 10.7. The fourth-order valence-electron chi connectivity index (χ4n) is 1.57. The van der Waals surface area contributed by atoms with E-state index >= 15 is 0 Å². The van der Waals surface area contributed by atoms with Crippen molar-refractivity contribution >= 4 is 41.4 Å². The highest BCUT2D eigenvalue weighted by atomic mass is 35.5. The number of carbonyl (C=O) groups excluding carboxylic acids is 3. The normalized spacial score (nSPS) is 11.0. The summed E-state index contributed by atoms with van der Waals surface area (Å²) in [5, 5.41) is 0.234. The SMILES string of the molecule is CCCCOC(=O)C(C)(C)C(=O)Oc1c(Cl)cc(Cl)cc1C=O. The lowest BCUT2D eigenvalue weighted by Crippen LogP contribution is -2.38. The third-order valence-electron chi connectivity index (χ3n) is 3.11. The van der Waals surface area contributed by atoms with Crippen molar-refractivity contribution in [1.29, 1.82) is 0 Å². The number of hydrogen-bond donors (Lipinski definition) is 0. The molecule has 0 amide bonds. The lowest BCUT2D eigenvalue weighted by atomic mass is 9.94. The first-order valence-corrected chi connectivity index (χ1v) is 7.83. The van der Waals surface area contributed by atoms with Gasteiger partial charge in [0.1, 0.15) is 0 Å². The van der Waals surface area contributed by atoms with E-state index in [9.17, 15) is 14.4 Å². The average Bonchev–Trinajstić information content (AvgIpc) is 2.49. The Kier molecular flexibility index (Phi) is 7.03. The molecular weight excluding hydrogens is 343 g/mol. The van der Waals surface area contributed by atoms with Crippen molar-refractivity contribution in [1.82, 2.24) is 0 Å². The molecular formula is C16H18Cl2O5. The van der Waals surface area contributed by atoms with Gasteiger partial charge < -0.3 is 9.47 Å². The van der Waals surface area contributed by atoms with Crippen LogP contribution in [0.4, 0.5) is 0 Å². The topological polar surface area (TPSA) is 69.7 Å². The number of halogens is 2. The summed E-state index contributed by atoms with van der Waals surface area (Å²) in [6, 6.07) is 2.65. The van der Waals surface area contributed by atoms with Gasteiger partial charge in [0.2, 0.25) is 0 Å². The zero-order valence-corrected chi connectivity index (χ0v) is 14.7. The molecule has 0 N–H and O–H groups in total. The molecule has 126 valence electrons. The monoisotopic (exact) mass is 360 g/mol. The van der Waals surface area contributed by atoms with Gasteiger partial charge in [-0.25, -0.2) is 0 Å². The second-order valence-corrected chi connectivity index (χ2v) is 6.27. The Morgan fingerprint density at radius 1 is 1.22 bits per heavy atom. The van der Waals surface area contributed by atoms with E-state index in [0.29, 0.717) is 12.7 Å². The molecule has 23 heavy (non-hydrogen) atoms. The quantitative estimate of drug-likeness (QED) is 0.241. The van der Waals surface area contributed by atoms with Gasteiger partial charge >= 0.3 is 11.9 Å². The smallest absolute Gasteiger partial charge is 0.328 e. The summed E-state index contributed by atoms with van der Waals surface area (Å²) >= 11 is 11.7. The van der Waals surface area contributed by atoms with Crippen molar-refractivity contribution in [3.05, 3.63) is 27.7 Å². The number of aldehydes is 1. The molecule has 0 aromatic heterocycles. The predicted molar refractivity (Wildman–Crippen MR) is 87.1 cm³/mol. The van der Waals surface area contributed by atoms with Crippen molar-refractivity contribution in [2.45, 2.75) is 33.6 Å². The van der Waals surface area contributed by atoms with Gasteiger partial charge in [0.15, 0.2) is 17.5 Å². The highest BCUT2D eigenvalue weighted by molar-refractivity contribution is 6.36. The number of benzene rings is 1. The zero-order chi connectivity index (χ0) is 17.6. The summed E-state index contributed by atoms with van der Waals surface area (Å²) in [6.45, 7) is 4.95. The van der Waals surface area contributed by atoms with Gasteiger partial charge in [0.25, 0.3) is 0 Å². The Hall–Kier alpha value is -1.59. The summed E-state index contributed by atoms with van der Waals surface area (Å²) < 4.78 is 10.2. The fraction of sp³-hybridized carbons (Fsp3) is 0.438. The number of ether oxygens (including phenoxy) is 2. The fourth-order valence-corrected chi connectivity index (χ4v) is 2.12. The van der Waals surface area contributed by atoms with E-state index in [1.165, 1.54) is 26.0 Å². The van der Waals surface area contributed by atoms with Gasteiger partial charge in [-0.1, -0.05) is 36.5 Å². The molecule has 0 saturated heterocycles. The molecule has 0 bridgehead atoms. The maximum atomic E-state index is 12.3. The molecule has 0 aliphatic rings. The first kappa shape index (κ1) is 19.5. The van der Waals surface area contributed by atoms with Crippen LogP contribution in [0.15, 0.2) is 12.1 Å². The molecule has 1 rings (SSSR count). The van der Waals surface area contributed by atoms with E-state index in [1.54, 1.807) is 0 Å². The van der Waals surface area contributed by atoms with Crippen molar-refractivity contribution in [2.24, 2.45) is 5.41 Å². The molecule has 0 heterocycles. The number of rotatable bonds is 7. The summed E-state index contributed by atoms with van der Waals surface area (Å²) in [7, 11) is 0. The van der Waals surface area contributed by atoms with Crippen molar-refractivity contribution in [3.8, 4) is 5.75 Å². The van der Waals surface area contributed by atoms with Crippen LogP contribution >= 0.6 is 23.2 Å². The molecule has 0 saturated carbocycles. The number of unbranched alkanes of at least 4 members (excludes halogenated alkanes) is 1. The minimum atomic E-state index is -1.53. The highest BCUT2D eigenvalue weighted by Crippen LogP contribution is 2.33. The van der Waals surface area contributed by atoms with Crippen molar-refractivity contribution < 1.29 is 23.9 Å². The van der Waals surface area contributed by atoms with E-state index in [1.807, 2.05) is 6.92 Å². The molecule has 0 fully saturated rings. The summed E-state index contributed by atoms with van der Waals surface area (Å²) in [5.74, 6) is -1.70. The van der Waals surface area contributed by atoms with Gasteiger partial charge in [0, 0.05) is 5.02 Å². The van der Waals surface area contributed by atoms with Crippen molar-refractivity contribution in [2.75, 3.05) is 6.61 Å². The van der Waals surface area contributed by atoms with Crippen LogP contribution in [0.25, 0.3) is 0 Å². The summed E-state index contributed by atoms with van der Waals surface area (Å²) in [5.41, 5.74) is -1.51. The largest absolute Gasteiger partial charge is 0.465 e. The summed E-state index contributed by atoms with van der Waals surface area (Å²) in [4.78, 5) is 35.4. The number of hydrogen-bond acceptors (Lipinski definition) is 5. The second kappa shape index (κ2) is 8.31. The van der Waals surface area contributed by atoms with Crippen LogP contribution in [-0.4, -0.2) is 24.8 Å². The minimum absolute atomic E-state index is 0.00287. The van der Waals surface area contributed by atoms with E-state index in [-0.39, 0.29) is 28.0 Å². The average molecular weight is 361 g/mol. The molecule has 0 radical (unpaired) electrons. The molecule has 5 nitrogen and oxygen atoms in total. The Balaban J connectivity index is 2.94. The molecule has 0 aliphatic carbocycles. The number of esters is 2. The lowest BCUT2D eigenvalue weighted by Gasteiger charge is -2.21. The van der Waals surface area contributed by atoms with Crippen LogP contribution in [0.3, 0.4) is 0 Å². The van der Waals surface area contributed by atoms with Gasteiger partial charge in [-0.2, -0.15) is 0 Å². The lowest BCUT2D eigenvalue weighted by molar-refractivity contribution is -0.164. The molecule has 0 unspecified atom stereocenters. The van der Waals surface area contributed by atoms with E-state index < -0.39 is 17.4 Å². The standard InChI is InChI=1S/C16H18Cl2O5/c1-4-5-6-22-14(20)16(2,3)15(21)23-13-10(9-19)7-11(17)8-12(13)18/h7-9H,4-6H2,1-3H3. The predicted octanol–water partition coefficient (Wildman–Crippen LogP) is 4.08. The van der Waals surface area contributed by atoms with Crippen LogP contribution in [0.5, 0.6) is 5.75 Å². The van der Waals surface area contributed by atoms with Gasteiger partial charge in [0.05, 0.1) is 17.2 Å². The Morgan fingerprint density at radius 2 is 1.87 bits per heavy atom. The molecule has 0 spiro atoms. The maximum absolute atomic E-state index is 12.3. The molecule has 7 heteroatoms. The van der Waals surface area contributed by atoms with Gasteiger partial charge in [-0.3, -0.25) is 14.4 Å². The van der Waals surface area contributed by atoms with Crippen LogP contribution in [0.1, 0.15) is 44.0 Å². The van der Waals surface area contributed by atoms with Crippen LogP contribution in [-0.2, 0) is 14.3 Å². The zero-order valence-electron chi connectivity index (χ0n) is 13.2. The van der Waals surface area contributed by atoms with Gasteiger partial charge in [-0.05, 0) is 32.4 Å². The molecule has 0 aliphatic heterocycles. The third kappa shape index (κ3) is 4.94. The van der Waals surface area contributed by atoms with Crippen LogP contribution in [0, 0.1) is 5.41 Å². The van der Waals surface area contributed by atoms with Crippen molar-refractivity contribution in [3.63, 3.8) is 0 Å². The maximum Gasteiger partial charge on any atom is 0.328 e. The van der Waals surface area contributed by atoms with E-state index in [2.05, 4.69) is 0 Å². The molecule has 1 aromatic carbocycles. The molecule has 1 aromatic rings. The Bertz CT molecular complexity index is 611. The van der Waals surface area contributed by atoms with Crippen LogP contribution in [0.2, 0.25) is 10.0 Å². The highest BCUT2D eigenvalue weighted by Gasteiger charge is 2.40. The second-order valence-electron chi connectivity index (χ2n) is 5.43. The Morgan fingerprint density at radius 3 is 2.43 bits per heavy atom. The minimum Gasteiger partial charge on any atom is -0.465 e.